The van der Waals surface area contributed by atoms with Crippen LogP contribution in [0.5, 0.6) is 5.75 Å². The van der Waals surface area contributed by atoms with Crippen LogP contribution in [0.15, 0.2) is 53.4 Å². The van der Waals surface area contributed by atoms with Crippen molar-refractivity contribution in [1.82, 2.24) is 0 Å². The van der Waals surface area contributed by atoms with Crippen molar-refractivity contribution in [2.45, 2.75) is 17.4 Å². The standard InChI is InChI=1S/C15H11ClO2S/c16-19-12-6-7-14-11(8-12)9-13(17)15(18-14)10-4-2-1-3-5-10/h1-8,15H,9H2. The number of ether oxygens (including phenoxy) is 1. The summed E-state index contributed by atoms with van der Waals surface area (Å²) in [5, 5.41) is 0. The molecule has 96 valence electrons. The molecule has 2 aromatic rings. The Hall–Kier alpha value is -1.45. The van der Waals surface area contributed by atoms with Gasteiger partial charge in [-0.15, -0.1) is 0 Å². The van der Waals surface area contributed by atoms with Crippen LogP contribution in [0, 0.1) is 0 Å². The van der Waals surface area contributed by atoms with Crippen molar-refractivity contribution >= 4 is 27.4 Å². The minimum Gasteiger partial charge on any atom is -0.478 e. The van der Waals surface area contributed by atoms with Crippen LogP contribution < -0.4 is 4.74 Å². The lowest BCUT2D eigenvalue weighted by atomic mass is 9.96. The van der Waals surface area contributed by atoms with Gasteiger partial charge in [0.2, 0.25) is 0 Å². The monoisotopic (exact) mass is 290 g/mol. The number of carbonyl (C=O) groups excluding carboxylic acids is 1. The first-order valence-electron chi connectivity index (χ1n) is 5.94. The first kappa shape index (κ1) is 12.6. The van der Waals surface area contributed by atoms with Crippen molar-refractivity contribution in [1.29, 1.82) is 0 Å². The molecule has 0 amide bonds. The molecule has 0 fully saturated rings. The van der Waals surface area contributed by atoms with Crippen molar-refractivity contribution in [3.05, 3.63) is 59.7 Å². The van der Waals surface area contributed by atoms with Gasteiger partial charge >= 0.3 is 0 Å². The summed E-state index contributed by atoms with van der Waals surface area (Å²) in [6, 6.07) is 15.3. The lowest BCUT2D eigenvalue weighted by Crippen LogP contribution is -2.25. The summed E-state index contributed by atoms with van der Waals surface area (Å²) in [6.07, 6.45) is -0.108. The third-order valence-corrected chi connectivity index (χ3v) is 4.09. The molecule has 1 aliphatic heterocycles. The fourth-order valence-electron chi connectivity index (χ4n) is 2.21. The molecule has 1 heterocycles. The average molecular weight is 291 g/mol. The molecular weight excluding hydrogens is 280 g/mol. The second kappa shape index (κ2) is 5.27. The van der Waals surface area contributed by atoms with E-state index >= 15 is 0 Å². The Bertz CT molecular complexity index is 613. The largest absolute Gasteiger partial charge is 0.478 e. The molecule has 1 unspecified atom stereocenters. The Balaban J connectivity index is 1.94. The van der Waals surface area contributed by atoms with Crippen LogP contribution in [-0.4, -0.2) is 5.78 Å². The number of rotatable bonds is 2. The minimum absolute atomic E-state index is 0.0791. The van der Waals surface area contributed by atoms with E-state index < -0.39 is 6.10 Å². The number of ketones is 1. The van der Waals surface area contributed by atoms with E-state index in [9.17, 15) is 4.79 Å². The fraction of sp³-hybridized carbons (Fsp3) is 0.133. The summed E-state index contributed by atoms with van der Waals surface area (Å²) in [5.41, 5.74) is 1.80. The highest BCUT2D eigenvalue weighted by atomic mass is 35.7. The molecule has 1 atom stereocenters. The summed E-state index contributed by atoms with van der Waals surface area (Å²) in [6.45, 7) is 0. The Morgan fingerprint density at radius 3 is 2.68 bits per heavy atom. The quantitative estimate of drug-likeness (QED) is 0.830. The Morgan fingerprint density at radius 2 is 1.95 bits per heavy atom. The number of fused-ring (bicyclic) bond motifs is 1. The number of hydrogen-bond acceptors (Lipinski definition) is 3. The van der Waals surface area contributed by atoms with E-state index in [1.54, 1.807) is 0 Å². The van der Waals surface area contributed by atoms with Crippen LogP contribution in [0.3, 0.4) is 0 Å². The van der Waals surface area contributed by atoms with Crippen LogP contribution in [0.4, 0.5) is 0 Å². The van der Waals surface area contributed by atoms with Gasteiger partial charge in [0.1, 0.15) is 5.75 Å². The molecule has 0 aromatic heterocycles. The Kier molecular flexibility index (Phi) is 3.49. The molecular formula is C15H11ClO2S. The van der Waals surface area contributed by atoms with Crippen LogP contribution in [0.25, 0.3) is 0 Å². The maximum absolute atomic E-state index is 12.2. The maximum Gasteiger partial charge on any atom is 0.182 e. The summed E-state index contributed by atoms with van der Waals surface area (Å²) >= 11 is 0. The van der Waals surface area contributed by atoms with Gasteiger partial charge in [-0.25, -0.2) is 0 Å². The summed E-state index contributed by atoms with van der Waals surface area (Å²) < 4.78 is 5.83. The predicted octanol–water partition coefficient (Wildman–Crippen LogP) is 4.18. The van der Waals surface area contributed by atoms with Gasteiger partial charge in [0.25, 0.3) is 0 Å². The normalized spacial score (nSPS) is 17.7. The molecule has 0 radical (unpaired) electrons. The van der Waals surface area contributed by atoms with E-state index in [0.29, 0.717) is 6.42 Å². The molecule has 0 saturated carbocycles. The zero-order chi connectivity index (χ0) is 13.2. The molecule has 0 bridgehead atoms. The van der Waals surface area contributed by atoms with Crippen molar-refractivity contribution in [2.75, 3.05) is 0 Å². The number of Topliss-reactive ketones (excluding diaryl/α,β-unsaturated/α-hetero) is 1. The number of benzene rings is 2. The third-order valence-electron chi connectivity index (χ3n) is 3.13. The van der Waals surface area contributed by atoms with Gasteiger partial charge in [0, 0.05) is 16.9 Å². The zero-order valence-electron chi connectivity index (χ0n) is 10.0. The van der Waals surface area contributed by atoms with Gasteiger partial charge in [-0.2, -0.15) is 0 Å². The second-order valence-corrected chi connectivity index (χ2v) is 5.49. The van der Waals surface area contributed by atoms with E-state index in [1.807, 2.05) is 48.5 Å². The average Bonchev–Trinajstić information content (AvgIpc) is 2.47. The maximum atomic E-state index is 12.2. The van der Waals surface area contributed by atoms with E-state index in [2.05, 4.69) is 0 Å². The third kappa shape index (κ3) is 2.48. The van der Waals surface area contributed by atoms with Gasteiger partial charge in [0.05, 0.1) is 0 Å². The highest BCUT2D eigenvalue weighted by Crippen LogP contribution is 2.35. The van der Waals surface area contributed by atoms with E-state index in [4.69, 9.17) is 15.4 Å². The summed E-state index contributed by atoms with van der Waals surface area (Å²) in [5.74, 6) is 0.846. The van der Waals surface area contributed by atoms with Crippen molar-refractivity contribution in [2.24, 2.45) is 0 Å². The van der Waals surface area contributed by atoms with Gasteiger partial charge in [-0.05, 0) is 45.4 Å². The van der Waals surface area contributed by atoms with Crippen molar-refractivity contribution in [3.8, 4) is 5.75 Å². The zero-order valence-corrected chi connectivity index (χ0v) is 11.6. The van der Waals surface area contributed by atoms with Crippen LogP contribution >= 0.6 is 21.7 Å². The lowest BCUT2D eigenvalue weighted by molar-refractivity contribution is -0.126. The molecule has 2 nitrogen and oxygen atoms in total. The SMILES string of the molecule is O=C1Cc2cc(SCl)ccc2OC1c1ccccc1. The lowest BCUT2D eigenvalue weighted by Gasteiger charge is -2.25. The molecule has 0 aliphatic carbocycles. The van der Waals surface area contributed by atoms with E-state index in [1.165, 1.54) is 0 Å². The number of hydrogen-bond donors (Lipinski definition) is 0. The first-order chi connectivity index (χ1) is 9.28. The topological polar surface area (TPSA) is 26.3 Å². The van der Waals surface area contributed by atoms with E-state index in [-0.39, 0.29) is 5.78 Å². The highest BCUT2D eigenvalue weighted by Gasteiger charge is 2.29. The predicted molar refractivity (Wildman–Crippen MR) is 76.7 cm³/mol. The highest BCUT2D eigenvalue weighted by molar-refractivity contribution is 8.21. The smallest absolute Gasteiger partial charge is 0.182 e. The summed E-state index contributed by atoms with van der Waals surface area (Å²) in [4.78, 5) is 13.1. The van der Waals surface area contributed by atoms with Crippen LogP contribution in [-0.2, 0) is 11.2 Å². The molecule has 19 heavy (non-hydrogen) atoms. The Morgan fingerprint density at radius 1 is 1.16 bits per heavy atom. The van der Waals surface area contributed by atoms with Gasteiger partial charge in [-0.1, -0.05) is 30.3 Å². The molecule has 1 aliphatic rings. The number of halogens is 1. The minimum atomic E-state index is -0.497. The molecule has 2 aromatic carbocycles. The van der Waals surface area contributed by atoms with Gasteiger partial charge < -0.3 is 4.74 Å². The molecule has 0 saturated heterocycles. The number of carbonyl (C=O) groups is 1. The molecule has 4 heteroatoms. The van der Waals surface area contributed by atoms with Crippen molar-refractivity contribution in [3.63, 3.8) is 0 Å². The second-order valence-electron chi connectivity index (χ2n) is 4.40. The molecule has 0 spiro atoms. The van der Waals surface area contributed by atoms with Crippen LogP contribution in [0.2, 0.25) is 0 Å². The van der Waals surface area contributed by atoms with Crippen molar-refractivity contribution < 1.29 is 9.53 Å². The van der Waals surface area contributed by atoms with Gasteiger partial charge in [-0.3, -0.25) is 4.79 Å². The molecule has 3 rings (SSSR count). The van der Waals surface area contributed by atoms with Crippen LogP contribution in [0.1, 0.15) is 17.2 Å². The Labute approximate surface area is 120 Å². The fourth-order valence-corrected chi connectivity index (χ4v) is 2.81. The summed E-state index contributed by atoms with van der Waals surface area (Å²) in [7, 11) is 6.87. The first-order valence-corrected chi connectivity index (χ1v) is 7.58. The van der Waals surface area contributed by atoms with E-state index in [0.717, 1.165) is 32.7 Å². The molecule has 0 N–H and O–H groups in total. The van der Waals surface area contributed by atoms with Gasteiger partial charge in [0.15, 0.2) is 11.9 Å².